The fraction of sp³-hybridized carbons (Fsp3) is 0.500. The third-order valence-corrected chi connectivity index (χ3v) is 4.02. The minimum atomic E-state index is -0.259. The van der Waals surface area contributed by atoms with E-state index in [1.54, 1.807) is 18.2 Å². The highest BCUT2D eigenvalue weighted by molar-refractivity contribution is 5.94. The predicted octanol–water partition coefficient (Wildman–Crippen LogP) is 2.14. The second-order valence-corrected chi connectivity index (χ2v) is 5.59. The van der Waals surface area contributed by atoms with Gasteiger partial charge in [-0.25, -0.2) is 4.79 Å². The summed E-state index contributed by atoms with van der Waals surface area (Å²) < 4.78 is 0. The second-order valence-electron chi connectivity index (χ2n) is 5.59. The van der Waals surface area contributed by atoms with Gasteiger partial charge in [-0.1, -0.05) is 12.5 Å². The van der Waals surface area contributed by atoms with Crippen LogP contribution < -0.4 is 21.7 Å². The van der Waals surface area contributed by atoms with Crippen molar-refractivity contribution in [3.8, 4) is 0 Å². The third-order valence-electron chi connectivity index (χ3n) is 4.02. The van der Waals surface area contributed by atoms with Gasteiger partial charge in [-0.2, -0.15) is 0 Å². The number of hydrogen-bond donors (Lipinski definition) is 4. The molecule has 1 aromatic rings. The van der Waals surface area contributed by atoms with Crippen LogP contribution in [0.25, 0.3) is 0 Å². The molecular weight excluding hydrogens is 280 g/mol. The Labute approximate surface area is 130 Å². The first-order valence-corrected chi connectivity index (χ1v) is 7.80. The van der Waals surface area contributed by atoms with Crippen molar-refractivity contribution in [2.45, 2.75) is 26.2 Å². The molecule has 0 aliphatic heterocycles. The van der Waals surface area contributed by atoms with E-state index < -0.39 is 0 Å². The summed E-state index contributed by atoms with van der Waals surface area (Å²) >= 11 is 0. The minimum Gasteiger partial charge on any atom is -0.338 e. The zero-order valence-corrected chi connectivity index (χ0v) is 12.9. The maximum Gasteiger partial charge on any atom is 0.319 e. The van der Waals surface area contributed by atoms with Gasteiger partial charge in [0, 0.05) is 23.8 Å². The van der Waals surface area contributed by atoms with Gasteiger partial charge in [0.2, 0.25) is 5.91 Å². The van der Waals surface area contributed by atoms with Gasteiger partial charge in [0.05, 0.1) is 0 Å². The summed E-state index contributed by atoms with van der Waals surface area (Å²) in [6.07, 6.45) is 2.97. The Hall–Kier alpha value is -2.08. The van der Waals surface area contributed by atoms with Gasteiger partial charge >= 0.3 is 6.03 Å². The quantitative estimate of drug-likeness (QED) is 0.671. The average Bonchev–Trinajstić information content (AvgIpc) is 2.96. The Kier molecular flexibility index (Phi) is 5.77. The van der Waals surface area contributed by atoms with Crippen molar-refractivity contribution in [2.24, 2.45) is 17.6 Å². The van der Waals surface area contributed by atoms with E-state index in [2.05, 4.69) is 16.0 Å². The highest BCUT2D eigenvalue weighted by atomic mass is 16.2. The lowest BCUT2D eigenvalue weighted by molar-refractivity contribution is -0.120. The molecule has 2 rings (SSSR count). The number of amides is 3. The highest BCUT2D eigenvalue weighted by Gasteiger charge is 2.31. The summed E-state index contributed by atoms with van der Waals surface area (Å²) in [4.78, 5) is 23.9. The van der Waals surface area contributed by atoms with Gasteiger partial charge in [0.25, 0.3) is 0 Å². The molecule has 1 aliphatic carbocycles. The molecule has 1 fully saturated rings. The molecule has 0 aromatic heterocycles. The van der Waals surface area contributed by atoms with Crippen LogP contribution in [0, 0.1) is 11.8 Å². The number of hydrogen-bond acceptors (Lipinski definition) is 3. The molecule has 120 valence electrons. The van der Waals surface area contributed by atoms with Gasteiger partial charge < -0.3 is 21.7 Å². The van der Waals surface area contributed by atoms with Crippen molar-refractivity contribution in [1.29, 1.82) is 0 Å². The SMILES string of the molecule is CCNC(=O)Nc1cccc(NC(=O)[C@@H]2CCC[C@@H]2CN)c1. The van der Waals surface area contributed by atoms with E-state index in [0.717, 1.165) is 19.3 Å². The molecule has 0 spiro atoms. The average molecular weight is 304 g/mol. The van der Waals surface area contributed by atoms with E-state index in [0.29, 0.717) is 24.5 Å². The first kappa shape index (κ1) is 16.3. The van der Waals surface area contributed by atoms with Crippen molar-refractivity contribution in [3.63, 3.8) is 0 Å². The maximum absolute atomic E-state index is 12.4. The first-order chi connectivity index (χ1) is 10.6. The summed E-state index contributed by atoms with van der Waals surface area (Å²) in [5.41, 5.74) is 7.05. The van der Waals surface area contributed by atoms with Crippen LogP contribution in [0.15, 0.2) is 24.3 Å². The van der Waals surface area contributed by atoms with Crippen LogP contribution in [-0.2, 0) is 4.79 Å². The van der Waals surface area contributed by atoms with Crippen LogP contribution >= 0.6 is 0 Å². The number of nitrogens with two attached hydrogens (primary N) is 1. The number of anilines is 2. The Bertz CT molecular complexity index is 533. The fourth-order valence-electron chi connectivity index (χ4n) is 2.91. The minimum absolute atomic E-state index is 0.00925. The summed E-state index contributed by atoms with van der Waals surface area (Å²) in [7, 11) is 0. The summed E-state index contributed by atoms with van der Waals surface area (Å²) in [6, 6.07) is 6.88. The van der Waals surface area contributed by atoms with Crippen molar-refractivity contribution in [1.82, 2.24) is 5.32 Å². The number of nitrogens with one attached hydrogen (secondary N) is 3. The molecule has 0 saturated heterocycles. The van der Waals surface area contributed by atoms with E-state index in [1.165, 1.54) is 0 Å². The van der Waals surface area contributed by atoms with Crippen molar-refractivity contribution in [3.05, 3.63) is 24.3 Å². The molecule has 1 saturated carbocycles. The van der Waals surface area contributed by atoms with E-state index in [-0.39, 0.29) is 23.8 Å². The van der Waals surface area contributed by atoms with Crippen LogP contribution in [0.4, 0.5) is 16.2 Å². The molecule has 6 heteroatoms. The largest absolute Gasteiger partial charge is 0.338 e. The number of urea groups is 1. The topological polar surface area (TPSA) is 96.2 Å². The summed E-state index contributed by atoms with van der Waals surface area (Å²) in [5, 5.41) is 8.31. The lowest BCUT2D eigenvalue weighted by Gasteiger charge is -2.17. The molecule has 0 unspecified atom stereocenters. The lowest BCUT2D eigenvalue weighted by Crippen LogP contribution is -2.30. The fourth-order valence-corrected chi connectivity index (χ4v) is 2.91. The monoisotopic (exact) mass is 304 g/mol. The predicted molar refractivity (Wildman–Crippen MR) is 87.7 cm³/mol. The van der Waals surface area contributed by atoms with E-state index in [9.17, 15) is 9.59 Å². The zero-order valence-electron chi connectivity index (χ0n) is 12.9. The van der Waals surface area contributed by atoms with Gasteiger partial charge in [-0.3, -0.25) is 4.79 Å². The van der Waals surface area contributed by atoms with Crippen LogP contribution in [0.1, 0.15) is 26.2 Å². The number of rotatable bonds is 5. The molecule has 3 amide bonds. The third kappa shape index (κ3) is 4.21. The molecular formula is C16H24N4O2. The molecule has 0 radical (unpaired) electrons. The van der Waals surface area contributed by atoms with E-state index >= 15 is 0 Å². The number of benzene rings is 1. The van der Waals surface area contributed by atoms with Crippen molar-refractivity contribution >= 4 is 23.3 Å². The van der Waals surface area contributed by atoms with Gasteiger partial charge in [-0.05, 0) is 50.4 Å². The Morgan fingerprint density at radius 3 is 2.64 bits per heavy atom. The van der Waals surface area contributed by atoms with E-state index in [4.69, 9.17) is 5.73 Å². The maximum atomic E-state index is 12.4. The summed E-state index contributed by atoms with van der Waals surface area (Å²) in [5.74, 6) is 0.282. The molecule has 2 atom stereocenters. The Balaban J connectivity index is 1.98. The summed E-state index contributed by atoms with van der Waals surface area (Å²) in [6.45, 7) is 2.97. The number of carbonyl (C=O) groups is 2. The van der Waals surface area contributed by atoms with Crippen molar-refractivity contribution in [2.75, 3.05) is 23.7 Å². The molecule has 0 bridgehead atoms. The standard InChI is InChI=1S/C16H24N4O2/c1-2-18-16(22)20-13-7-4-6-12(9-13)19-15(21)14-8-3-5-11(14)10-17/h4,6-7,9,11,14H,2-3,5,8,10,17H2,1H3,(H,19,21)(H2,18,20,22)/t11-,14-/m1/s1. The van der Waals surface area contributed by atoms with Gasteiger partial charge in [0.1, 0.15) is 0 Å². The molecule has 6 nitrogen and oxygen atoms in total. The van der Waals surface area contributed by atoms with E-state index in [1.807, 2.05) is 13.0 Å². The Morgan fingerprint density at radius 2 is 1.95 bits per heavy atom. The van der Waals surface area contributed by atoms with Gasteiger partial charge in [0.15, 0.2) is 0 Å². The van der Waals surface area contributed by atoms with Crippen LogP contribution in [0.2, 0.25) is 0 Å². The molecule has 1 aliphatic rings. The molecule has 22 heavy (non-hydrogen) atoms. The lowest BCUT2D eigenvalue weighted by atomic mass is 9.95. The Morgan fingerprint density at radius 1 is 1.23 bits per heavy atom. The highest BCUT2D eigenvalue weighted by Crippen LogP contribution is 2.32. The zero-order chi connectivity index (χ0) is 15.9. The van der Waals surface area contributed by atoms with Gasteiger partial charge in [-0.15, -0.1) is 0 Å². The molecule has 1 aromatic carbocycles. The number of carbonyl (C=O) groups excluding carboxylic acids is 2. The van der Waals surface area contributed by atoms with Crippen LogP contribution in [0.5, 0.6) is 0 Å². The van der Waals surface area contributed by atoms with Crippen LogP contribution in [-0.4, -0.2) is 25.0 Å². The van der Waals surface area contributed by atoms with Crippen molar-refractivity contribution < 1.29 is 9.59 Å². The normalized spacial score (nSPS) is 20.5. The first-order valence-electron chi connectivity index (χ1n) is 7.80. The van der Waals surface area contributed by atoms with Crippen LogP contribution in [0.3, 0.4) is 0 Å². The smallest absolute Gasteiger partial charge is 0.319 e. The molecule has 0 heterocycles. The second kappa shape index (κ2) is 7.79. The molecule has 5 N–H and O–H groups in total.